The molecular formula is C24H34O3. The van der Waals surface area contributed by atoms with E-state index in [4.69, 9.17) is 4.74 Å². The van der Waals surface area contributed by atoms with Crippen molar-refractivity contribution in [2.75, 3.05) is 0 Å². The first-order valence-corrected chi connectivity index (χ1v) is 10.7. The van der Waals surface area contributed by atoms with Gasteiger partial charge in [0.05, 0.1) is 0 Å². The first-order valence-electron chi connectivity index (χ1n) is 10.7. The Balaban J connectivity index is 0.00000102. The fourth-order valence-corrected chi connectivity index (χ4v) is 5.72. The van der Waals surface area contributed by atoms with Crippen molar-refractivity contribution >= 4 is 11.8 Å². The van der Waals surface area contributed by atoms with Gasteiger partial charge in [0.2, 0.25) is 0 Å². The Morgan fingerprint density at radius 2 is 2.00 bits per heavy atom. The number of esters is 1. The van der Waals surface area contributed by atoms with Crippen LogP contribution < -0.4 is 0 Å². The van der Waals surface area contributed by atoms with E-state index in [1.165, 1.54) is 11.1 Å². The van der Waals surface area contributed by atoms with Gasteiger partial charge in [-0.1, -0.05) is 58.4 Å². The second-order valence-corrected chi connectivity index (χ2v) is 8.67. The molecule has 0 heterocycles. The maximum absolute atomic E-state index is 11.8. The molecule has 4 aliphatic carbocycles. The van der Waals surface area contributed by atoms with Crippen molar-refractivity contribution in [1.29, 1.82) is 0 Å². The van der Waals surface area contributed by atoms with E-state index in [1.54, 1.807) is 0 Å². The van der Waals surface area contributed by atoms with Crippen LogP contribution in [0.25, 0.3) is 0 Å². The topological polar surface area (TPSA) is 43.4 Å². The lowest BCUT2D eigenvalue weighted by atomic mass is 9.54. The summed E-state index contributed by atoms with van der Waals surface area (Å²) >= 11 is 0. The highest BCUT2D eigenvalue weighted by atomic mass is 16.5. The molecule has 5 atom stereocenters. The summed E-state index contributed by atoms with van der Waals surface area (Å²) in [4.78, 5) is 23.7. The molecule has 0 spiro atoms. The molecular weight excluding hydrogens is 336 g/mol. The molecule has 3 heteroatoms. The third-order valence-corrected chi connectivity index (χ3v) is 7.38. The van der Waals surface area contributed by atoms with Gasteiger partial charge < -0.3 is 4.74 Å². The molecule has 148 valence electrons. The van der Waals surface area contributed by atoms with Crippen molar-refractivity contribution < 1.29 is 14.3 Å². The molecule has 0 radical (unpaired) electrons. The van der Waals surface area contributed by atoms with Gasteiger partial charge in [0.15, 0.2) is 5.78 Å². The maximum Gasteiger partial charge on any atom is 0.305 e. The van der Waals surface area contributed by atoms with E-state index < -0.39 is 0 Å². The highest BCUT2D eigenvalue weighted by molar-refractivity contribution is 5.92. The van der Waals surface area contributed by atoms with Gasteiger partial charge in [-0.25, -0.2) is 0 Å². The second kappa shape index (κ2) is 7.41. The first-order chi connectivity index (χ1) is 12.9. The number of ether oxygens (including phenoxy) is 1. The Hall–Kier alpha value is -1.64. The number of hydrogen-bond donors (Lipinski definition) is 0. The number of fused-ring (bicyclic) bond motifs is 5. The van der Waals surface area contributed by atoms with Gasteiger partial charge >= 0.3 is 5.97 Å². The molecule has 0 bridgehead atoms. The zero-order valence-electron chi connectivity index (χ0n) is 17.5. The van der Waals surface area contributed by atoms with E-state index in [0.29, 0.717) is 24.7 Å². The van der Waals surface area contributed by atoms with Crippen LogP contribution in [0.15, 0.2) is 35.5 Å². The van der Waals surface area contributed by atoms with Gasteiger partial charge in [0, 0.05) is 29.6 Å². The van der Waals surface area contributed by atoms with E-state index >= 15 is 0 Å². The van der Waals surface area contributed by atoms with Crippen LogP contribution in [-0.4, -0.2) is 17.9 Å². The molecule has 27 heavy (non-hydrogen) atoms. The van der Waals surface area contributed by atoms with E-state index in [0.717, 1.165) is 25.7 Å². The summed E-state index contributed by atoms with van der Waals surface area (Å²) in [5.41, 5.74) is 2.72. The van der Waals surface area contributed by atoms with Crippen molar-refractivity contribution in [3.63, 3.8) is 0 Å². The third-order valence-electron chi connectivity index (χ3n) is 7.38. The largest absolute Gasteiger partial charge is 0.462 e. The monoisotopic (exact) mass is 370 g/mol. The number of allylic oxidation sites excluding steroid dienone is 6. The molecule has 0 aromatic heterocycles. The van der Waals surface area contributed by atoms with Crippen molar-refractivity contribution in [1.82, 2.24) is 0 Å². The Labute approximate surface area is 163 Å². The molecule has 3 nitrogen and oxygen atoms in total. The lowest BCUT2D eigenvalue weighted by molar-refractivity contribution is -0.155. The molecule has 0 aromatic rings. The van der Waals surface area contributed by atoms with Crippen LogP contribution in [0.5, 0.6) is 0 Å². The number of hydrogen-bond acceptors (Lipinski definition) is 3. The van der Waals surface area contributed by atoms with Crippen molar-refractivity contribution in [2.24, 2.45) is 22.7 Å². The standard InChI is InChI=1S/C22H28O3.C2H6/c1-4-20(24)25-19-8-7-17-16-6-5-14-13-15(23)9-11-21(14,2)18(16)10-12-22(17,19)3;1-2/h5-6,10,13,16-17,19H,4,7-9,11-12H2,1-3H3;1-2H3/t16?,17?,19-,21?,22?;/m0./s1. The van der Waals surface area contributed by atoms with Gasteiger partial charge in [-0.05, 0) is 43.3 Å². The molecule has 0 aromatic carbocycles. The number of carbonyl (C=O) groups excluding carboxylic acids is 2. The van der Waals surface area contributed by atoms with Crippen LogP contribution in [-0.2, 0) is 14.3 Å². The van der Waals surface area contributed by atoms with Crippen molar-refractivity contribution in [2.45, 2.75) is 79.2 Å². The Morgan fingerprint density at radius 3 is 2.70 bits per heavy atom. The molecule has 0 saturated heterocycles. The van der Waals surface area contributed by atoms with Gasteiger partial charge in [-0.2, -0.15) is 0 Å². The quantitative estimate of drug-likeness (QED) is 0.472. The molecule has 0 amide bonds. The molecule has 1 saturated carbocycles. The highest BCUT2D eigenvalue weighted by Crippen LogP contribution is 2.61. The fraction of sp³-hybridized carbons (Fsp3) is 0.667. The summed E-state index contributed by atoms with van der Waals surface area (Å²) in [6.45, 7) is 10.5. The maximum atomic E-state index is 11.8. The lowest BCUT2D eigenvalue weighted by Crippen LogP contribution is -2.45. The summed E-state index contributed by atoms with van der Waals surface area (Å²) in [6.07, 6.45) is 13.9. The summed E-state index contributed by atoms with van der Waals surface area (Å²) in [5.74, 6) is 1.11. The van der Waals surface area contributed by atoms with Crippen LogP contribution in [0.4, 0.5) is 0 Å². The molecule has 0 N–H and O–H groups in total. The Bertz CT molecular complexity index is 713. The predicted octanol–water partition coefficient (Wildman–Crippen LogP) is 5.56. The lowest BCUT2D eigenvalue weighted by Gasteiger charge is -2.50. The van der Waals surface area contributed by atoms with E-state index in [9.17, 15) is 9.59 Å². The normalized spacial score (nSPS) is 39.1. The predicted molar refractivity (Wildman–Crippen MR) is 108 cm³/mol. The molecule has 0 aliphatic heterocycles. The minimum atomic E-state index is -0.0798. The van der Waals surface area contributed by atoms with Gasteiger partial charge in [0.25, 0.3) is 0 Å². The summed E-state index contributed by atoms with van der Waals surface area (Å²) in [5, 5.41) is 0. The van der Waals surface area contributed by atoms with Crippen LogP contribution in [0.1, 0.15) is 73.1 Å². The average molecular weight is 371 g/mol. The number of ketones is 1. The van der Waals surface area contributed by atoms with Crippen LogP contribution in [0.3, 0.4) is 0 Å². The minimum absolute atomic E-state index is 0.00678. The zero-order valence-corrected chi connectivity index (χ0v) is 17.5. The van der Waals surface area contributed by atoms with Crippen molar-refractivity contribution in [3.8, 4) is 0 Å². The number of rotatable bonds is 2. The Morgan fingerprint density at radius 1 is 1.26 bits per heavy atom. The van der Waals surface area contributed by atoms with Gasteiger partial charge in [-0.3, -0.25) is 9.59 Å². The van der Waals surface area contributed by atoms with E-state index in [2.05, 4.69) is 32.1 Å². The second-order valence-electron chi connectivity index (χ2n) is 8.67. The summed E-state index contributed by atoms with van der Waals surface area (Å²) in [6, 6.07) is 0. The molecule has 1 fully saturated rings. The van der Waals surface area contributed by atoms with Gasteiger partial charge in [-0.15, -0.1) is 0 Å². The van der Waals surface area contributed by atoms with Gasteiger partial charge in [0.1, 0.15) is 6.10 Å². The van der Waals surface area contributed by atoms with Crippen LogP contribution >= 0.6 is 0 Å². The SMILES string of the molecule is CC.CCC(=O)O[C@H]1CCC2C3C=CC4=CC(=O)CCC4(C)C3=CCC21C. The smallest absolute Gasteiger partial charge is 0.305 e. The molecule has 4 rings (SSSR count). The first kappa shape index (κ1) is 20.1. The van der Waals surface area contributed by atoms with E-state index in [1.807, 2.05) is 26.8 Å². The average Bonchev–Trinajstić information content (AvgIpc) is 3.00. The van der Waals surface area contributed by atoms with E-state index in [-0.39, 0.29) is 28.7 Å². The number of carbonyl (C=O) groups is 2. The fourth-order valence-electron chi connectivity index (χ4n) is 5.72. The molecule has 4 aliphatic rings. The summed E-state index contributed by atoms with van der Waals surface area (Å²) < 4.78 is 5.81. The highest BCUT2D eigenvalue weighted by Gasteiger charge is 2.56. The minimum Gasteiger partial charge on any atom is -0.462 e. The van der Waals surface area contributed by atoms with Crippen molar-refractivity contribution in [3.05, 3.63) is 35.5 Å². The van der Waals surface area contributed by atoms with Crippen LogP contribution in [0.2, 0.25) is 0 Å². The molecule has 4 unspecified atom stereocenters. The Kier molecular flexibility index (Phi) is 5.52. The summed E-state index contributed by atoms with van der Waals surface area (Å²) in [7, 11) is 0. The van der Waals surface area contributed by atoms with Crippen LogP contribution in [0, 0.1) is 22.7 Å². The third kappa shape index (κ3) is 3.13. The zero-order chi connectivity index (χ0) is 19.8.